The van der Waals surface area contributed by atoms with E-state index in [-0.39, 0.29) is 17.5 Å². The van der Waals surface area contributed by atoms with Crippen LogP contribution >= 0.6 is 0 Å². The summed E-state index contributed by atoms with van der Waals surface area (Å²) in [5.41, 5.74) is 14.3. The quantitative estimate of drug-likeness (QED) is 0.111. The molecule has 12 rings (SSSR count). The number of nitrogens with zero attached hydrogens (tertiary/aromatic N) is 3. The van der Waals surface area contributed by atoms with Crippen LogP contribution in [-0.4, -0.2) is 42.8 Å². The number of rotatable bonds is 12. The van der Waals surface area contributed by atoms with Gasteiger partial charge in [0, 0.05) is 0 Å². The summed E-state index contributed by atoms with van der Waals surface area (Å²) in [7, 11) is 0. The summed E-state index contributed by atoms with van der Waals surface area (Å²) < 4.78 is -1.98. The minimum absolute atomic E-state index is 0.0750. The van der Waals surface area contributed by atoms with E-state index >= 15 is 14.4 Å². The van der Waals surface area contributed by atoms with Gasteiger partial charge in [0.05, 0.1) is 0 Å². The maximum absolute atomic E-state index is 15.5. The van der Waals surface area contributed by atoms with Crippen molar-refractivity contribution in [1.29, 1.82) is 0 Å². The first kappa shape index (κ1) is 42.4. The fraction of sp³-hybridized carbons (Fsp3) is 0. The second-order valence-corrected chi connectivity index (χ2v) is 21.7. The van der Waals surface area contributed by atoms with Crippen molar-refractivity contribution >= 4 is 46.0 Å². The number of aromatic nitrogens is 6. The van der Waals surface area contributed by atoms with E-state index in [0.29, 0.717) is 33.1 Å². The molecule has 0 aliphatic carbocycles. The molecular weight excluding hydrogens is 1040 g/mol. The Morgan fingerprint density at radius 2 is 0.514 bits per heavy atom. The molecule has 0 bridgehead atoms. The SMILES string of the molecule is O=[C](c1nc2c(-c3ccccc3)c(-c3ccccc3)ccc2[nH]1)[Ir]([C](=O)c1nc2c(-c3ccccc3)c(-c3ccccc3)ccc2[nH]1)[C](=O)c1nc2c(-c3ccccc3)c(-c3ccccc3)ccc2[nH]1. The number of hydrogen-bond donors (Lipinski definition) is 3. The van der Waals surface area contributed by atoms with Crippen LogP contribution in [0.3, 0.4) is 0 Å². The Morgan fingerprint density at radius 1 is 0.286 bits per heavy atom. The van der Waals surface area contributed by atoms with Crippen molar-refractivity contribution in [3.63, 3.8) is 0 Å². The summed E-state index contributed by atoms with van der Waals surface area (Å²) in [4.78, 5) is 71.2. The Kier molecular flexibility index (Phi) is 10.9. The van der Waals surface area contributed by atoms with Crippen LogP contribution in [0.15, 0.2) is 218 Å². The van der Waals surface area contributed by atoms with Crippen molar-refractivity contribution in [2.45, 2.75) is 0 Å². The molecule has 0 saturated carbocycles. The zero-order valence-corrected chi connectivity index (χ0v) is 39.6. The summed E-state index contributed by atoms with van der Waals surface area (Å²) >= 11 is -4.47. The zero-order chi connectivity index (χ0) is 47.1. The molecule has 0 radical (unpaired) electrons. The third-order valence-corrected chi connectivity index (χ3v) is 17.4. The van der Waals surface area contributed by atoms with Crippen LogP contribution in [-0.2, 0) is 16.5 Å². The molecule has 0 aliphatic heterocycles. The van der Waals surface area contributed by atoms with E-state index in [1.807, 2.05) is 218 Å². The first-order valence-corrected chi connectivity index (χ1v) is 26.2. The van der Waals surface area contributed by atoms with Crippen LogP contribution in [0.2, 0.25) is 0 Å². The molecule has 3 heterocycles. The predicted octanol–water partition coefficient (Wildman–Crippen LogP) is 13.8. The summed E-state index contributed by atoms with van der Waals surface area (Å²) in [5, 5.41) is 0. The Labute approximate surface area is 407 Å². The normalized spacial score (nSPS) is 11.6. The zero-order valence-electron chi connectivity index (χ0n) is 37.2. The summed E-state index contributed by atoms with van der Waals surface area (Å²) in [6, 6.07) is 71.3. The summed E-state index contributed by atoms with van der Waals surface area (Å²) in [5.74, 6) is -0.225. The average Bonchev–Trinajstić information content (AvgIpc) is 4.19. The third-order valence-electron chi connectivity index (χ3n) is 12.4. The molecule has 12 aromatic rings. The van der Waals surface area contributed by atoms with Crippen LogP contribution < -0.4 is 0 Å². The Morgan fingerprint density at radius 3 is 0.757 bits per heavy atom. The van der Waals surface area contributed by atoms with Crippen molar-refractivity contribution in [1.82, 2.24) is 29.9 Å². The van der Waals surface area contributed by atoms with Gasteiger partial charge in [0.25, 0.3) is 0 Å². The van der Waals surface area contributed by atoms with E-state index in [2.05, 4.69) is 15.0 Å². The molecule has 336 valence electrons. The maximum atomic E-state index is 15.5. The Bertz CT molecular complexity index is 3520. The van der Waals surface area contributed by atoms with Gasteiger partial charge in [0.2, 0.25) is 0 Å². The second-order valence-electron chi connectivity index (χ2n) is 16.6. The van der Waals surface area contributed by atoms with Gasteiger partial charge in [-0.15, -0.1) is 0 Å². The van der Waals surface area contributed by atoms with Crippen LogP contribution in [0.1, 0.15) is 31.9 Å². The number of H-pyrrole nitrogens is 3. The van der Waals surface area contributed by atoms with Gasteiger partial charge in [-0.3, -0.25) is 0 Å². The fourth-order valence-electron chi connectivity index (χ4n) is 9.20. The molecule has 0 aliphatic rings. The molecule has 0 saturated heterocycles. The van der Waals surface area contributed by atoms with Crippen molar-refractivity contribution in [3.8, 4) is 66.8 Å². The van der Waals surface area contributed by atoms with Crippen molar-refractivity contribution < 1.29 is 30.9 Å². The van der Waals surface area contributed by atoms with Gasteiger partial charge in [-0.25, -0.2) is 0 Å². The first-order valence-electron chi connectivity index (χ1n) is 22.7. The van der Waals surface area contributed by atoms with Gasteiger partial charge in [-0.2, -0.15) is 0 Å². The molecule has 0 spiro atoms. The average molecular weight is 1080 g/mol. The van der Waals surface area contributed by atoms with Crippen molar-refractivity contribution in [2.24, 2.45) is 0 Å². The number of hydrogen-bond acceptors (Lipinski definition) is 6. The van der Waals surface area contributed by atoms with Gasteiger partial charge < -0.3 is 0 Å². The van der Waals surface area contributed by atoms with E-state index < -0.39 is 29.4 Å². The van der Waals surface area contributed by atoms with E-state index in [9.17, 15) is 0 Å². The van der Waals surface area contributed by atoms with Gasteiger partial charge in [-0.05, 0) is 0 Å². The number of imidazole rings is 3. The second kappa shape index (κ2) is 17.9. The number of nitrogens with one attached hydrogen (secondary N) is 3. The van der Waals surface area contributed by atoms with Crippen LogP contribution in [0.4, 0.5) is 0 Å². The Hall–Kier alpha value is -8.95. The van der Waals surface area contributed by atoms with Crippen LogP contribution in [0.5, 0.6) is 0 Å². The molecule has 0 amide bonds. The molecule has 70 heavy (non-hydrogen) atoms. The topological polar surface area (TPSA) is 137 Å². The molecule has 3 N–H and O–H groups in total. The molecule has 9 aromatic carbocycles. The number of aromatic amines is 3. The van der Waals surface area contributed by atoms with Gasteiger partial charge in [0.1, 0.15) is 0 Å². The number of carbonyl (C=O) groups is 3. The van der Waals surface area contributed by atoms with E-state index in [1.165, 1.54) is 0 Å². The van der Waals surface area contributed by atoms with E-state index in [0.717, 1.165) is 66.8 Å². The van der Waals surface area contributed by atoms with Crippen molar-refractivity contribution in [3.05, 3.63) is 236 Å². The Balaban J connectivity index is 1.04. The number of benzene rings is 9. The molecule has 0 atom stereocenters. The summed E-state index contributed by atoms with van der Waals surface area (Å²) in [6.07, 6.45) is 0. The summed E-state index contributed by atoms with van der Waals surface area (Å²) in [6.45, 7) is 0. The molecule has 0 fully saturated rings. The monoisotopic (exact) mass is 1080 g/mol. The van der Waals surface area contributed by atoms with Gasteiger partial charge in [-0.1, -0.05) is 0 Å². The third kappa shape index (κ3) is 7.58. The first-order chi connectivity index (χ1) is 34.5. The number of carbonyl (C=O) groups excluding carboxylic acids is 3. The van der Waals surface area contributed by atoms with Crippen LogP contribution in [0, 0.1) is 0 Å². The molecular formula is C60H39IrN6O3. The molecule has 0 unspecified atom stereocenters. The molecule has 9 nitrogen and oxygen atoms in total. The fourth-order valence-corrected chi connectivity index (χ4v) is 13.2. The predicted molar refractivity (Wildman–Crippen MR) is 274 cm³/mol. The van der Waals surface area contributed by atoms with E-state index in [4.69, 9.17) is 15.0 Å². The van der Waals surface area contributed by atoms with Gasteiger partial charge >= 0.3 is 409 Å². The molecule has 10 heteroatoms. The standard InChI is InChI=1S/3C20H13N2O.Ir/c3*23-13-18-21-17-12-11-16(14-7-3-1-4-8-14)19(20(17)22-18)15-9-5-2-6-10-15;/h3*1-12H,(H,21,22);. The van der Waals surface area contributed by atoms with E-state index in [1.54, 1.807) is 0 Å². The van der Waals surface area contributed by atoms with Crippen molar-refractivity contribution in [2.75, 3.05) is 0 Å². The van der Waals surface area contributed by atoms with Gasteiger partial charge in [0.15, 0.2) is 0 Å². The molecule has 3 aromatic heterocycles. The minimum atomic E-state index is -4.47. The van der Waals surface area contributed by atoms with Crippen LogP contribution in [0.25, 0.3) is 99.9 Å². The number of fused-ring (bicyclic) bond motifs is 3.